The fourth-order valence-electron chi connectivity index (χ4n) is 1.73. The zero-order chi connectivity index (χ0) is 13.0. The predicted molar refractivity (Wildman–Crippen MR) is 68.5 cm³/mol. The monoisotopic (exact) mass is 246 g/mol. The molecule has 6 nitrogen and oxygen atoms in total. The van der Waals surface area contributed by atoms with Crippen LogP contribution in [0.15, 0.2) is 36.7 Å². The summed E-state index contributed by atoms with van der Waals surface area (Å²) in [7, 11) is 1.92. The van der Waals surface area contributed by atoms with E-state index < -0.39 is 0 Å². The van der Waals surface area contributed by atoms with Gasteiger partial charge in [0.2, 0.25) is 0 Å². The van der Waals surface area contributed by atoms with Crippen molar-refractivity contribution in [3.8, 4) is 0 Å². The summed E-state index contributed by atoms with van der Waals surface area (Å²) in [5, 5.41) is 13.9. The summed E-state index contributed by atoms with van der Waals surface area (Å²) in [4.78, 5) is 14.6. The molecule has 0 unspecified atom stereocenters. The van der Waals surface area contributed by atoms with Crippen molar-refractivity contribution >= 4 is 11.4 Å². The Bertz CT molecular complexity index is 551. The van der Waals surface area contributed by atoms with Crippen LogP contribution in [-0.2, 0) is 13.5 Å². The van der Waals surface area contributed by atoms with Crippen molar-refractivity contribution < 1.29 is 4.92 Å². The molecule has 0 aliphatic carbocycles. The molecule has 1 heterocycles. The van der Waals surface area contributed by atoms with Crippen molar-refractivity contribution in [1.29, 1.82) is 0 Å². The van der Waals surface area contributed by atoms with Gasteiger partial charge in [0.25, 0.3) is 5.69 Å². The Morgan fingerprint density at radius 1 is 1.44 bits per heavy atom. The first-order chi connectivity index (χ1) is 8.68. The fraction of sp³-hybridized carbons (Fsp3) is 0.250. The smallest absolute Gasteiger partial charge is 0.292 e. The van der Waals surface area contributed by atoms with Gasteiger partial charge in [-0.05, 0) is 6.07 Å². The zero-order valence-corrected chi connectivity index (χ0v) is 10.0. The second kappa shape index (κ2) is 5.31. The van der Waals surface area contributed by atoms with Gasteiger partial charge in [0, 0.05) is 38.5 Å². The van der Waals surface area contributed by atoms with Gasteiger partial charge < -0.3 is 9.88 Å². The number of hydrogen-bond acceptors (Lipinski definition) is 4. The number of aromatic nitrogens is 2. The van der Waals surface area contributed by atoms with Crippen molar-refractivity contribution in [2.75, 3.05) is 11.9 Å². The van der Waals surface area contributed by atoms with E-state index in [1.165, 1.54) is 6.07 Å². The molecule has 1 aromatic heterocycles. The van der Waals surface area contributed by atoms with E-state index in [2.05, 4.69) is 10.3 Å². The maximum Gasteiger partial charge on any atom is 0.292 e. The van der Waals surface area contributed by atoms with Crippen LogP contribution in [0.3, 0.4) is 0 Å². The van der Waals surface area contributed by atoms with Gasteiger partial charge in [0.15, 0.2) is 0 Å². The molecule has 0 spiro atoms. The average molecular weight is 246 g/mol. The number of benzene rings is 1. The number of nitrogens with zero attached hydrogens (tertiary/aromatic N) is 3. The van der Waals surface area contributed by atoms with Gasteiger partial charge in [-0.2, -0.15) is 0 Å². The van der Waals surface area contributed by atoms with Crippen LogP contribution in [0.5, 0.6) is 0 Å². The first kappa shape index (κ1) is 12.1. The lowest BCUT2D eigenvalue weighted by Gasteiger charge is -2.06. The van der Waals surface area contributed by atoms with Crippen LogP contribution in [0.25, 0.3) is 0 Å². The molecular weight excluding hydrogens is 232 g/mol. The summed E-state index contributed by atoms with van der Waals surface area (Å²) in [5.41, 5.74) is 0.633. The Kier molecular flexibility index (Phi) is 3.57. The molecule has 0 aliphatic rings. The number of hydrogen-bond donors (Lipinski definition) is 1. The second-order valence-corrected chi connectivity index (χ2v) is 3.91. The van der Waals surface area contributed by atoms with Crippen molar-refractivity contribution in [1.82, 2.24) is 9.55 Å². The summed E-state index contributed by atoms with van der Waals surface area (Å²) >= 11 is 0. The van der Waals surface area contributed by atoms with Gasteiger partial charge in [-0.25, -0.2) is 4.98 Å². The molecule has 0 atom stereocenters. The number of aryl methyl sites for hydroxylation is 1. The van der Waals surface area contributed by atoms with Crippen LogP contribution in [0.4, 0.5) is 11.4 Å². The Hall–Kier alpha value is -2.37. The number of nitro benzene ring substituents is 1. The molecule has 94 valence electrons. The quantitative estimate of drug-likeness (QED) is 0.646. The van der Waals surface area contributed by atoms with E-state index in [0.29, 0.717) is 12.2 Å². The van der Waals surface area contributed by atoms with Crippen LogP contribution in [-0.4, -0.2) is 21.0 Å². The maximum atomic E-state index is 10.8. The molecule has 18 heavy (non-hydrogen) atoms. The molecule has 0 amide bonds. The van der Waals surface area contributed by atoms with E-state index in [1.54, 1.807) is 24.4 Å². The number of nitrogens with one attached hydrogen (secondary N) is 1. The largest absolute Gasteiger partial charge is 0.379 e. The minimum atomic E-state index is -0.386. The van der Waals surface area contributed by atoms with Crippen molar-refractivity contribution in [2.24, 2.45) is 7.05 Å². The third-order valence-electron chi connectivity index (χ3n) is 2.69. The number of rotatable bonds is 5. The first-order valence-electron chi connectivity index (χ1n) is 5.62. The Morgan fingerprint density at radius 2 is 2.22 bits per heavy atom. The van der Waals surface area contributed by atoms with Crippen LogP contribution < -0.4 is 5.32 Å². The normalized spacial score (nSPS) is 10.3. The van der Waals surface area contributed by atoms with Crippen molar-refractivity contribution in [2.45, 2.75) is 6.42 Å². The Balaban J connectivity index is 1.99. The second-order valence-electron chi connectivity index (χ2n) is 3.91. The lowest BCUT2D eigenvalue weighted by molar-refractivity contribution is -0.384. The highest BCUT2D eigenvalue weighted by atomic mass is 16.6. The summed E-state index contributed by atoms with van der Waals surface area (Å²) in [5.74, 6) is 0.945. The third kappa shape index (κ3) is 2.65. The van der Waals surface area contributed by atoms with E-state index in [0.717, 1.165) is 12.2 Å². The molecule has 0 saturated carbocycles. The molecule has 1 aromatic carbocycles. The number of nitro groups is 1. The summed E-state index contributed by atoms with van der Waals surface area (Å²) in [6.45, 7) is 0.607. The highest BCUT2D eigenvalue weighted by Crippen LogP contribution is 2.22. The van der Waals surface area contributed by atoms with Gasteiger partial charge in [0.1, 0.15) is 11.5 Å². The van der Waals surface area contributed by atoms with E-state index >= 15 is 0 Å². The lowest BCUT2D eigenvalue weighted by atomic mass is 10.2. The SMILES string of the molecule is Cn1ccnc1CCNc1ccccc1[N+](=O)[O-]. The van der Waals surface area contributed by atoms with Gasteiger partial charge in [0.05, 0.1) is 4.92 Å². The van der Waals surface area contributed by atoms with Gasteiger partial charge in [-0.3, -0.25) is 10.1 Å². The highest BCUT2D eigenvalue weighted by Gasteiger charge is 2.11. The standard InChI is InChI=1S/C12H14N4O2/c1-15-9-8-14-12(15)6-7-13-10-4-2-3-5-11(10)16(17)18/h2-5,8-9,13H,6-7H2,1H3. The molecule has 1 N–H and O–H groups in total. The number of para-hydroxylation sites is 2. The van der Waals surface area contributed by atoms with Gasteiger partial charge in [-0.15, -0.1) is 0 Å². The van der Waals surface area contributed by atoms with Crippen LogP contribution in [0.2, 0.25) is 0 Å². The number of anilines is 1. The first-order valence-corrected chi connectivity index (χ1v) is 5.62. The minimum Gasteiger partial charge on any atom is -0.379 e. The lowest BCUT2D eigenvalue weighted by Crippen LogP contribution is -2.09. The molecule has 2 aromatic rings. The maximum absolute atomic E-state index is 10.8. The fourth-order valence-corrected chi connectivity index (χ4v) is 1.73. The molecule has 0 aliphatic heterocycles. The van der Waals surface area contributed by atoms with Crippen molar-refractivity contribution in [3.63, 3.8) is 0 Å². The topological polar surface area (TPSA) is 73.0 Å². The van der Waals surface area contributed by atoms with E-state index in [9.17, 15) is 10.1 Å². The molecule has 0 fully saturated rings. The van der Waals surface area contributed by atoms with Crippen LogP contribution >= 0.6 is 0 Å². The third-order valence-corrected chi connectivity index (χ3v) is 2.69. The molecule has 0 radical (unpaired) electrons. The van der Waals surface area contributed by atoms with Crippen LogP contribution in [0, 0.1) is 10.1 Å². The van der Waals surface area contributed by atoms with Crippen molar-refractivity contribution in [3.05, 3.63) is 52.6 Å². The average Bonchev–Trinajstić information content (AvgIpc) is 2.76. The Labute approximate surface area is 104 Å². The Morgan fingerprint density at radius 3 is 2.89 bits per heavy atom. The number of imidazole rings is 1. The van der Waals surface area contributed by atoms with Gasteiger partial charge in [-0.1, -0.05) is 12.1 Å². The van der Waals surface area contributed by atoms with E-state index in [1.807, 2.05) is 17.8 Å². The summed E-state index contributed by atoms with van der Waals surface area (Å²) in [6.07, 6.45) is 4.33. The molecule has 6 heteroatoms. The van der Waals surface area contributed by atoms with Crippen LogP contribution in [0.1, 0.15) is 5.82 Å². The molecule has 2 rings (SSSR count). The predicted octanol–water partition coefficient (Wildman–Crippen LogP) is 1.98. The van der Waals surface area contributed by atoms with E-state index in [4.69, 9.17) is 0 Å². The molecule has 0 saturated heterocycles. The zero-order valence-electron chi connectivity index (χ0n) is 10.0. The minimum absolute atomic E-state index is 0.0948. The summed E-state index contributed by atoms with van der Waals surface area (Å²) in [6, 6.07) is 6.62. The van der Waals surface area contributed by atoms with Gasteiger partial charge >= 0.3 is 0 Å². The highest BCUT2D eigenvalue weighted by molar-refractivity contribution is 5.61. The molecule has 0 bridgehead atoms. The molecular formula is C12H14N4O2. The van der Waals surface area contributed by atoms with E-state index in [-0.39, 0.29) is 10.6 Å². The summed E-state index contributed by atoms with van der Waals surface area (Å²) < 4.78 is 1.93.